The first-order chi connectivity index (χ1) is 7.03. The third-order valence-electron chi connectivity index (χ3n) is 1.44. The molecule has 1 unspecified atom stereocenters. The molecule has 0 saturated heterocycles. The van der Waals surface area contributed by atoms with Gasteiger partial charge in [0.15, 0.2) is 0 Å². The predicted octanol–water partition coefficient (Wildman–Crippen LogP) is 3.02. The number of alkyl halides is 3. The molecule has 0 rings (SSSR count). The van der Waals surface area contributed by atoms with Gasteiger partial charge in [0.25, 0.3) is 0 Å². The van der Waals surface area contributed by atoms with Crippen molar-refractivity contribution in [1.29, 1.82) is 0 Å². The van der Waals surface area contributed by atoms with E-state index >= 15 is 0 Å². The van der Waals surface area contributed by atoms with Gasteiger partial charge in [-0.05, 0) is 20.8 Å². The summed E-state index contributed by atoms with van der Waals surface area (Å²) in [6.45, 7) is 8.10. The van der Waals surface area contributed by atoms with Gasteiger partial charge in [-0.1, -0.05) is 6.08 Å². The minimum atomic E-state index is -4.35. The molecule has 16 heavy (non-hydrogen) atoms. The number of alkyl carbamates (subject to hydrolysis) is 1. The van der Waals surface area contributed by atoms with E-state index in [1.54, 1.807) is 20.8 Å². The van der Waals surface area contributed by atoms with Gasteiger partial charge >= 0.3 is 12.3 Å². The lowest BCUT2D eigenvalue weighted by molar-refractivity contribution is -0.137. The van der Waals surface area contributed by atoms with Crippen molar-refractivity contribution in [3.8, 4) is 0 Å². The maximum Gasteiger partial charge on any atom is 0.408 e. The molecule has 94 valence electrons. The maximum atomic E-state index is 12.0. The number of rotatable bonds is 3. The first-order valence-corrected chi connectivity index (χ1v) is 4.72. The van der Waals surface area contributed by atoms with Crippen LogP contribution >= 0.6 is 0 Å². The predicted molar refractivity (Wildman–Crippen MR) is 54.0 cm³/mol. The number of amides is 1. The highest BCUT2D eigenvalue weighted by molar-refractivity contribution is 5.68. The average molecular weight is 239 g/mol. The standard InChI is InChI=1S/C10H16F3NO2/c1-5-7(6-10(11,12)13)14-8(15)16-9(2,3)4/h5,7H,1,6H2,2-4H3,(H,14,15). The van der Waals surface area contributed by atoms with Crippen LogP contribution in [0, 0.1) is 0 Å². The van der Waals surface area contributed by atoms with Crippen LogP contribution in [0.5, 0.6) is 0 Å². The molecule has 0 aromatic heterocycles. The van der Waals surface area contributed by atoms with Gasteiger partial charge in [-0.15, -0.1) is 6.58 Å². The zero-order valence-electron chi connectivity index (χ0n) is 9.52. The van der Waals surface area contributed by atoms with E-state index in [0.29, 0.717) is 0 Å². The van der Waals surface area contributed by atoms with Crippen LogP contribution in [-0.2, 0) is 4.74 Å². The zero-order valence-corrected chi connectivity index (χ0v) is 9.52. The van der Waals surface area contributed by atoms with Crippen LogP contribution in [0.3, 0.4) is 0 Å². The highest BCUT2D eigenvalue weighted by Crippen LogP contribution is 2.22. The van der Waals surface area contributed by atoms with E-state index in [-0.39, 0.29) is 0 Å². The van der Waals surface area contributed by atoms with Crippen LogP contribution in [0.1, 0.15) is 27.2 Å². The molecule has 0 spiro atoms. The molecular weight excluding hydrogens is 223 g/mol. The van der Waals surface area contributed by atoms with Crippen molar-refractivity contribution in [3.05, 3.63) is 12.7 Å². The van der Waals surface area contributed by atoms with E-state index in [1.165, 1.54) is 0 Å². The van der Waals surface area contributed by atoms with E-state index in [0.717, 1.165) is 6.08 Å². The lowest BCUT2D eigenvalue weighted by Crippen LogP contribution is -2.40. The Labute approximate surface area is 92.7 Å². The number of hydrogen-bond donors (Lipinski definition) is 1. The Hall–Kier alpha value is -1.20. The van der Waals surface area contributed by atoms with E-state index in [1.807, 2.05) is 0 Å². The Bertz CT molecular complexity index is 256. The van der Waals surface area contributed by atoms with Gasteiger partial charge in [0.05, 0.1) is 12.5 Å². The monoisotopic (exact) mass is 239 g/mol. The Morgan fingerprint density at radius 1 is 1.44 bits per heavy atom. The molecule has 6 heteroatoms. The number of halogens is 3. The fraction of sp³-hybridized carbons (Fsp3) is 0.700. The summed E-state index contributed by atoms with van der Waals surface area (Å²) in [6, 6.07) is -1.17. The summed E-state index contributed by atoms with van der Waals surface area (Å²) in [5.74, 6) is 0. The number of hydrogen-bond acceptors (Lipinski definition) is 2. The fourth-order valence-electron chi connectivity index (χ4n) is 0.902. The summed E-state index contributed by atoms with van der Waals surface area (Å²) in [5, 5.41) is 2.08. The molecule has 0 radical (unpaired) electrons. The van der Waals surface area contributed by atoms with E-state index < -0.39 is 30.3 Å². The van der Waals surface area contributed by atoms with E-state index in [2.05, 4.69) is 11.9 Å². The Kier molecular flexibility index (Phi) is 4.83. The first-order valence-electron chi connectivity index (χ1n) is 4.72. The molecule has 1 amide bonds. The number of ether oxygens (including phenoxy) is 1. The molecule has 0 aliphatic rings. The molecule has 0 aromatic rings. The molecule has 0 aromatic carbocycles. The Balaban J connectivity index is 4.24. The van der Waals surface area contributed by atoms with Crippen LogP contribution in [-0.4, -0.2) is 23.9 Å². The molecule has 0 aliphatic heterocycles. The van der Waals surface area contributed by atoms with Crippen LogP contribution < -0.4 is 5.32 Å². The zero-order chi connectivity index (χ0) is 13.0. The molecule has 3 nitrogen and oxygen atoms in total. The third kappa shape index (κ3) is 8.14. The molecule has 0 heterocycles. The largest absolute Gasteiger partial charge is 0.444 e. The van der Waals surface area contributed by atoms with Gasteiger partial charge < -0.3 is 10.1 Å². The fourth-order valence-corrected chi connectivity index (χ4v) is 0.902. The molecule has 0 saturated carbocycles. The summed E-state index contributed by atoms with van der Waals surface area (Å²) in [7, 11) is 0. The molecular formula is C10H16F3NO2. The second-order valence-electron chi connectivity index (χ2n) is 4.31. The highest BCUT2D eigenvalue weighted by atomic mass is 19.4. The molecule has 0 bridgehead atoms. The van der Waals surface area contributed by atoms with Gasteiger partial charge in [-0.2, -0.15) is 13.2 Å². The van der Waals surface area contributed by atoms with E-state index in [4.69, 9.17) is 4.74 Å². The van der Waals surface area contributed by atoms with Crippen molar-refractivity contribution in [3.63, 3.8) is 0 Å². The highest BCUT2D eigenvalue weighted by Gasteiger charge is 2.32. The second kappa shape index (κ2) is 5.23. The summed E-state index contributed by atoms with van der Waals surface area (Å²) in [6.07, 6.45) is -5.37. The minimum absolute atomic E-state index is 0.742. The summed E-state index contributed by atoms with van der Waals surface area (Å²) in [4.78, 5) is 11.2. The van der Waals surface area contributed by atoms with Crippen molar-refractivity contribution in [2.45, 2.75) is 45.0 Å². The molecule has 0 aliphatic carbocycles. The van der Waals surface area contributed by atoms with Crippen LogP contribution in [0.25, 0.3) is 0 Å². The summed E-state index contributed by atoms with van der Waals surface area (Å²) < 4.78 is 40.9. The molecule has 1 N–H and O–H groups in total. The van der Waals surface area contributed by atoms with Gasteiger partial charge in [0.2, 0.25) is 0 Å². The van der Waals surface area contributed by atoms with Crippen LogP contribution in [0.2, 0.25) is 0 Å². The third-order valence-corrected chi connectivity index (χ3v) is 1.44. The lowest BCUT2D eigenvalue weighted by Gasteiger charge is -2.22. The lowest BCUT2D eigenvalue weighted by atomic mass is 10.2. The van der Waals surface area contributed by atoms with Crippen molar-refractivity contribution in [2.75, 3.05) is 0 Å². The van der Waals surface area contributed by atoms with Gasteiger partial charge in [0, 0.05) is 0 Å². The SMILES string of the molecule is C=CC(CC(F)(F)F)NC(=O)OC(C)(C)C. The number of carbonyl (C=O) groups excluding carboxylic acids is 1. The maximum absolute atomic E-state index is 12.0. The Morgan fingerprint density at radius 2 is 1.94 bits per heavy atom. The van der Waals surface area contributed by atoms with Crippen LogP contribution in [0.15, 0.2) is 12.7 Å². The van der Waals surface area contributed by atoms with Crippen molar-refractivity contribution in [2.24, 2.45) is 0 Å². The van der Waals surface area contributed by atoms with E-state index in [9.17, 15) is 18.0 Å². The molecule has 1 atom stereocenters. The first kappa shape index (κ1) is 14.8. The van der Waals surface area contributed by atoms with Crippen molar-refractivity contribution < 1.29 is 22.7 Å². The minimum Gasteiger partial charge on any atom is -0.444 e. The topological polar surface area (TPSA) is 38.3 Å². The second-order valence-corrected chi connectivity index (χ2v) is 4.31. The Morgan fingerprint density at radius 3 is 2.25 bits per heavy atom. The normalized spacial score (nSPS) is 14.1. The quantitative estimate of drug-likeness (QED) is 0.769. The van der Waals surface area contributed by atoms with Gasteiger partial charge in [-0.25, -0.2) is 4.79 Å². The number of nitrogens with one attached hydrogen (secondary N) is 1. The van der Waals surface area contributed by atoms with Gasteiger partial charge in [-0.3, -0.25) is 0 Å². The molecule has 0 fully saturated rings. The number of carbonyl (C=O) groups is 1. The summed E-state index contributed by atoms with van der Waals surface area (Å²) in [5.41, 5.74) is -0.742. The van der Waals surface area contributed by atoms with Crippen molar-refractivity contribution >= 4 is 6.09 Å². The smallest absolute Gasteiger partial charge is 0.408 e. The average Bonchev–Trinajstić information content (AvgIpc) is 1.96. The van der Waals surface area contributed by atoms with Gasteiger partial charge in [0.1, 0.15) is 5.60 Å². The van der Waals surface area contributed by atoms with Crippen molar-refractivity contribution in [1.82, 2.24) is 5.32 Å². The van der Waals surface area contributed by atoms with Crippen LogP contribution in [0.4, 0.5) is 18.0 Å². The summed E-state index contributed by atoms with van der Waals surface area (Å²) >= 11 is 0.